The molecule has 4 nitrogen and oxygen atoms in total. The quantitative estimate of drug-likeness (QED) is 0.835. The maximum atomic E-state index is 12.1. The van der Waals surface area contributed by atoms with Gasteiger partial charge < -0.3 is 0 Å². The van der Waals surface area contributed by atoms with Crippen LogP contribution in [0, 0.1) is 11.3 Å². The van der Waals surface area contributed by atoms with E-state index in [4.69, 9.17) is 4.18 Å². The first-order valence-electron chi connectivity index (χ1n) is 7.31. The first kappa shape index (κ1) is 18.1. The van der Waals surface area contributed by atoms with Crippen LogP contribution in [0.5, 0.6) is 0 Å². The van der Waals surface area contributed by atoms with Gasteiger partial charge in [-0.25, -0.2) is 0 Å². The Balaban J connectivity index is 2.81. The van der Waals surface area contributed by atoms with Gasteiger partial charge in [-0.3, -0.25) is 4.18 Å². The molecule has 0 aliphatic rings. The Morgan fingerprint density at radius 2 is 1.71 bits per heavy atom. The van der Waals surface area contributed by atoms with Crippen molar-refractivity contribution in [2.75, 3.05) is 6.61 Å². The van der Waals surface area contributed by atoms with Crippen LogP contribution in [0.1, 0.15) is 52.6 Å². The predicted octanol–water partition coefficient (Wildman–Crippen LogP) is 3.67. The van der Waals surface area contributed by atoms with Gasteiger partial charge in [0.2, 0.25) is 0 Å². The summed E-state index contributed by atoms with van der Waals surface area (Å²) in [5, 5.41) is 0. The molecule has 0 radical (unpaired) electrons. The first-order chi connectivity index (χ1) is 9.59. The highest BCUT2D eigenvalue weighted by molar-refractivity contribution is 7.84. The van der Waals surface area contributed by atoms with Gasteiger partial charge in [-0.1, -0.05) is 65.0 Å². The lowest BCUT2D eigenvalue weighted by atomic mass is 9.98. The highest BCUT2D eigenvalue weighted by atomic mass is 32.2. The van der Waals surface area contributed by atoms with Gasteiger partial charge in [0.25, 0.3) is 0 Å². The van der Waals surface area contributed by atoms with E-state index in [-0.39, 0.29) is 18.1 Å². The highest BCUT2D eigenvalue weighted by Crippen LogP contribution is 2.23. The van der Waals surface area contributed by atoms with E-state index >= 15 is 0 Å². The van der Waals surface area contributed by atoms with Gasteiger partial charge >= 0.3 is 10.3 Å². The highest BCUT2D eigenvalue weighted by Gasteiger charge is 2.23. The van der Waals surface area contributed by atoms with Crippen LogP contribution in [0.2, 0.25) is 0 Å². The van der Waals surface area contributed by atoms with E-state index in [9.17, 15) is 8.42 Å². The van der Waals surface area contributed by atoms with Crippen molar-refractivity contribution in [3.63, 3.8) is 0 Å². The third kappa shape index (κ3) is 7.60. The molecule has 0 amide bonds. The third-order valence-corrected chi connectivity index (χ3v) is 3.84. The molecule has 0 spiro atoms. The van der Waals surface area contributed by atoms with Crippen molar-refractivity contribution in [2.45, 2.75) is 47.1 Å². The molecule has 1 atom stereocenters. The Morgan fingerprint density at radius 3 is 2.19 bits per heavy atom. The summed E-state index contributed by atoms with van der Waals surface area (Å²) in [5.41, 5.74) is 0.754. The molecular weight excluding hydrogens is 286 g/mol. The summed E-state index contributed by atoms with van der Waals surface area (Å²) in [5.74, 6) is 0.375. The maximum absolute atomic E-state index is 12.1. The van der Waals surface area contributed by atoms with Crippen molar-refractivity contribution >= 4 is 10.3 Å². The van der Waals surface area contributed by atoms with Crippen molar-refractivity contribution in [2.24, 2.45) is 11.3 Å². The van der Waals surface area contributed by atoms with Gasteiger partial charge in [-0.2, -0.15) is 13.1 Å². The topological polar surface area (TPSA) is 55.4 Å². The Hall–Kier alpha value is -0.910. The van der Waals surface area contributed by atoms with Crippen LogP contribution in [0.15, 0.2) is 30.3 Å². The van der Waals surface area contributed by atoms with Crippen LogP contribution in [0.25, 0.3) is 0 Å². The number of rotatable bonds is 7. The summed E-state index contributed by atoms with van der Waals surface area (Å²) in [6.45, 7) is 10.1. The van der Waals surface area contributed by atoms with E-state index in [1.165, 1.54) is 0 Å². The Bertz CT molecular complexity index is 518. The molecule has 21 heavy (non-hydrogen) atoms. The van der Waals surface area contributed by atoms with Crippen LogP contribution in [-0.2, 0) is 14.5 Å². The zero-order valence-electron chi connectivity index (χ0n) is 13.6. The van der Waals surface area contributed by atoms with Gasteiger partial charge in [0.05, 0.1) is 6.61 Å². The molecule has 0 saturated carbocycles. The summed E-state index contributed by atoms with van der Waals surface area (Å²) < 4.78 is 32.0. The molecule has 0 fully saturated rings. The summed E-state index contributed by atoms with van der Waals surface area (Å²) in [6, 6.07) is 9.33. The number of hydrogen-bond acceptors (Lipinski definition) is 3. The normalized spacial score (nSPS) is 14.4. The minimum Gasteiger partial charge on any atom is -0.258 e. The second-order valence-corrected chi connectivity index (χ2v) is 8.37. The second-order valence-electron chi connectivity index (χ2n) is 6.99. The summed E-state index contributed by atoms with van der Waals surface area (Å²) in [7, 11) is -3.76. The average molecular weight is 313 g/mol. The first-order valence-corrected chi connectivity index (χ1v) is 8.71. The fraction of sp³-hybridized carbons (Fsp3) is 0.625. The van der Waals surface area contributed by atoms with Crippen LogP contribution < -0.4 is 4.72 Å². The van der Waals surface area contributed by atoms with E-state index in [1.54, 1.807) is 0 Å². The van der Waals surface area contributed by atoms with E-state index in [2.05, 4.69) is 18.6 Å². The van der Waals surface area contributed by atoms with Gasteiger partial charge in [0.1, 0.15) is 0 Å². The lowest BCUT2D eigenvalue weighted by molar-refractivity contribution is 0.198. The third-order valence-electron chi connectivity index (χ3n) is 2.84. The lowest BCUT2D eigenvalue weighted by Crippen LogP contribution is -2.33. The molecule has 0 aliphatic heterocycles. The fourth-order valence-electron chi connectivity index (χ4n) is 1.87. The lowest BCUT2D eigenvalue weighted by Gasteiger charge is -2.23. The largest absolute Gasteiger partial charge is 0.336 e. The smallest absolute Gasteiger partial charge is 0.258 e. The molecule has 0 aromatic heterocycles. The molecule has 1 N–H and O–H groups in total. The molecule has 0 bridgehead atoms. The Morgan fingerprint density at radius 1 is 1.14 bits per heavy atom. The van der Waals surface area contributed by atoms with Crippen molar-refractivity contribution in [3.8, 4) is 0 Å². The number of nitrogens with one attached hydrogen (secondary N) is 1. The van der Waals surface area contributed by atoms with E-state index in [1.807, 2.05) is 51.1 Å². The summed E-state index contributed by atoms with van der Waals surface area (Å²) in [4.78, 5) is 0. The van der Waals surface area contributed by atoms with Crippen LogP contribution in [-0.4, -0.2) is 15.0 Å². The monoisotopic (exact) mass is 313 g/mol. The standard InChI is InChI=1S/C16H27NO3S/c1-13(2)11-15(14-9-7-6-8-10-14)17-21(18,19)20-12-16(3,4)5/h6-10,13,15,17H,11-12H2,1-5H3. The molecule has 1 aromatic rings. The van der Waals surface area contributed by atoms with E-state index < -0.39 is 10.3 Å². The number of hydrogen-bond donors (Lipinski definition) is 1. The molecule has 1 rings (SSSR count). The van der Waals surface area contributed by atoms with Gasteiger partial charge in [-0.05, 0) is 23.3 Å². The van der Waals surface area contributed by atoms with Crippen LogP contribution in [0.3, 0.4) is 0 Å². The Kier molecular flexibility index (Phi) is 6.38. The minimum atomic E-state index is -3.76. The van der Waals surface area contributed by atoms with Crippen LogP contribution in [0.4, 0.5) is 0 Å². The van der Waals surface area contributed by atoms with Crippen molar-refractivity contribution < 1.29 is 12.6 Å². The van der Waals surface area contributed by atoms with Gasteiger partial charge in [0, 0.05) is 6.04 Å². The number of benzene rings is 1. The zero-order valence-corrected chi connectivity index (χ0v) is 14.4. The molecule has 0 heterocycles. The van der Waals surface area contributed by atoms with Crippen molar-refractivity contribution in [1.29, 1.82) is 0 Å². The van der Waals surface area contributed by atoms with Gasteiger partial charge in [0.15, 0.2) is 0 Å². The van der Waals surface area contributed by atoms with E-state index in [0.717, 1.165) is 12.0 Å². The van der Waals surface area contributed by atoms with E-state index in [0.29, 0.717) is 5.92 Å². The molecule has 120 valence electrons. The molecule has 5 heteroatoms. The van der Waals surface area contributed by atoms with Crippen molar-refractivity contribution in [1.82, 2.24) is 4.72 Å². The minimum absolute atomic E-state index is 0.158. The summed E-state index contributed by atoms with van der Waals surface area (Å²) >= 11 is 0. The average Bonchev–Trinajstić information content (AvgIpc) is 2.35. The summed E-state index contributed by atoms with van der Waals surface area (Å²) in [6.07, 6.45) is 0.724. The molecular formula is C16H27NO3S. The fourth-order valence-corrected chi connectivity index (χ4v) is 3.03. The maximum Gasteiger partial charge on any atom is 0.336 e. The molecule has 0 aliphatic carbocycles. The SMILES string of the molecule is CC(C)CC(NS(=O)(=O)OCC(C)(C)C)c1ccccc1. The molecule has 0 saturated heterocycles. The molecule has 1 aromatic carbocycles. The second kappa shape index (κ2) is 7.38. The predicted molar refractivity (Wildman–Crippen MR) is 86.1 cm³/mol. The zero-order chi connectivity index (χ0) is 16.1. The molecule has 1 unspecified atom stereocenters. The van der Waals surface area contributed by atoms with Crippen LogP contribution >= 0.6 is 0 Å². The van der Waals surface area contributed by atoms with Gasteiger partial charge in [-0.15, -0.1) is 0 Å². The Labute approximate surface area is 129 Å². The van der Waals surface area contributed by atoms with Crippen molar-refractivity contribution in [3.05, 3.63) is 35.9 Å².